The van der Waals surface area contributed by atoms with E-state index in [0.717, 1.165) is 12.0 Å². The van der Waals surface area contributed by atoms with Crippen LogP contribution in [0.5, 0.6) is 11.5 Å². The lowest BCUT2D eigenvalue weighted by atomic mass is 9.94. The monoisotopic (exact) mass is 444 g/mol. The van der Waals surface area contributed by atoms with Gasteiger partial charge < -0.3 is 14.8 Å². The lowest BCUT2D eigenvalue weighted by Crippen LogP contribution is -2.42. The summed E-state index contributed by atoms with van der Waals surface area (Å²) in [5.41, 5.74) is 1.24. The third-order valence-corrected chi connectivity index (χ3v) is 7.52. The third kappa shape index (κ3) is 4.70. The average molecular weight is 445 g/mol. The minimum absolute atomic E-state index is 0.216. The number of fused-ring (bicyclic) bond motifs is 1. The molecule has 31 heavy (non-hydrogen) atoms. The fourth-order valence-corrected chi connectivity index (χ4v) is 5.96. The first-order valence-electron chi connectivity index (χ1n) is 10.6. The van der Waals surface area contributed by atoms with Crippen molar-refractivity contribution < 1.29 is 22.7 Å². The molecule has 0 aliphatic carbocycles. The molecule has 2 atom stereocenters. The van der Waals surface area contributed by atoms with Gasteiger partial charge in [0.05, 0.1) is 4.90 Å². The average Bonchev–Trinajstić information content (AvgIpc) is 2.77. The van der Waals surface area contributed by atoms with Gasteiger partial charge in [0.25, 0.3) is 5.91 Å². The normalized spacial score (nSPS) is 21.5. The van der Waals surface area contributed by atoms with E-state index in [9.17, 15) is 13.2 Å². The fraction of sp³-hybridized carbons (Fsp3) is 0.435. The topological polar surface area (TPSA) is 84.9 Å². The number of nitrogens with one attached hydrogen (secondary N) is 1. The second-order valence-corrected chi connectivity index (χ2v) is 10.4. The molecule has 1 fully saturated rings. The molecule has 2 heterocycles. The molecule has 1 amide bonds. The van der Waals surface area contributed by atoms with E-state index in [2.05, 4.69) is 19.2 Å². The molecule has 1 saturated heterocycles. The van der Waals surface area contributed by atoms with E-state index in [0.29, 0.717) is 55.2 Å². The standard InChI is InChI=1S/C23H28N2O5S/c1-16-12-17(2)15-25(14-16)31(27,28)20-8-6-18(7-9-20)23(26)24-13-19-4-3-5-21-22(19)30-11-10-29-21/h3-9,16-17H,10-15H2,1-2H3,(H,24,26). The molecule has 1 N–H and O–H groups in total. The third-order valence-electron chi connectivity index (χ3n) is 5.68. The van der Waals surface area contributed by atoms with Crippen LogP contribution in [0.15, 0.2) is 47.4 Å². The van der Waals surface area contributed by atoms with Gasteiger partial charge in [0, 0.05) is 30.8 Å². The number of sulfonamides is 1. The molecule has 2 aliphatic heterocycles. The van der Waals surface area contributed by atoms with Gasteiger partial charge in [-0.25, -0.2) is 8.42 Å². The first-order chi connectivity index (χ1) is 14.8. The van der Waals surface area contributed by atoms with E-state index in [-0.39, 0.29) is 17.3 Å². The van der Waals surface area contributed by atoms with Crippen LogP contribution in [0.3, 0.4) is 0 Å². The van der Waals surface area contributed by atoms with Crippen LogP contribution in [0.25, 0.3) is 0 Å². The van der Waals surface area contributed by atoms with Crippen LogP contribution in [-0.2, 0) is 16.6 Å². The number of hydrogen-bond donors (Lipinski definition) is 1. The van der Waals surface area contributed by atoms with Gasteiger partial charge in [-0.05, 0) is 48.6 Å². The molecular weight excluding hydrogens is 416 g/mol. The van der Waals surface area contributed by atoms with Crippen LogP contribution in [-0.4, -0.2) is 44.9 Å². The minimum Gasteiger partial charge on any atom is -0.486 e. The number of hydrogen-bond acceptors (Lipinski definition) is 5. The summed E-state index contributed by atoms with van der Waals surface area (Å²) in [6, 6.07) is 11.7. The molecule has 2 aliphatic rings. The van der Waals surface area contributed by atoms with Crippen LogP contribution < -0.4 is 14.8 Å². The molecule has 0 radical (unpaired) electrons. The Kier molecular flexibility index (Phi) is 6.20. The Morgan fingerprint density at radius 3 is 2.42 bits per heavy atom. The van der Waals surface area contributed by atoms with Gasteiger partial charge in [0.15, 0.2) is 11.5 Å². The van der Waals surface area contributed by atoms with Crippen LogP contribution >= 0.6 is 0 Å². The first-order valence-corrected chi connectivity index (χ1v) is 12.0. The van der Waals surface area contributed by atoms with Crippen molar-refractivity contribution in [1.29, 1.82) is 0 Å². The molecule has 2 aromatic carbocycles. The van der Waals surface area contributed by atoms with E-state index in [1.807, 2.05) is 18.2 Å². The lowest BCUT2D eigenvalue weighted by molar-refractivity contribution is 0.0949. The zero-order valence-electron chi connectivity index (χ0n) is 17.8. The summed E-state index contributed by atoms with van der Waals surface area (Å²) < 4.78 is 38.8. The number of rotatable bonds is 5. The summed E-state index contributed by atoms with van der Waals surface area (Å²) in [4.78, 5) is 12.8. The highest BCUT2D eigenvalue weighted by Crippen LogP contribution is 2.33. The number of carbonyl (C=O) groups is 1. The maximum atomic E-state index is 13.0. The van der Waals surface area contributed by atoms with Crippen molar-refractivity contribution in [2.45, 2.75) is 31.7 Å². The van der Waals surface area contributed by atoms with Crippen molar-refractivity contribution >= 4 is 15.9 Å². The van der Waals surface area contributed by atoms with Crippen molar-refractivity contribution in [3.63, 3.8) is 0 Å². The zero-order chi connectivity index (χ0) is 22.0. The van der Waals surface area contributed by atoms with Gasteiger partial charge in [-0.3, -0.25) is 4.79 Å². The van der Waals surface area contributed by atoms with Crippen LogP contribution in [0.4, 0.5) is 0 Å². The largest absolute Gasteiger partial charge is 0.486 e. The summed E-state index contributed by atoms with van der Waals surface area (Å²) in [6.45, 7) is 6.48. The van der Waals surface area contributed by atoms with Crippen molar-refractivity contribution in [2.75, 3.05) is 26.3 Å². The Balaban J connectivity index is 1.43. The maximum Gasteiger partial charge on any atom is 0.251 e. The highest BCUT2D eigenvalue weighted by Gasteiger charge is 2.31. The lowest BCUT2D eigenvalue weighted by Gasteiger charge is -2.34. The molecule has 7 nitrogen and oxygen atoms in total. The van der Waals surface area contributed by atoms with Crippen molar-refractivity contribution in [1.82, 2.24) is 9.62 Å². The second-order valence-electron chi connectivity index (χ2n) is 8.42. The number of para-hydroxylation sites is 1. The summed E-state index contributed by atoms with van der Waals surface area (Å²) >= 11 is 0. The van der Waals surface area contributed by atoms with Crippen LogP contribution in [0.2, 0.25) is 0 Å². The highest BCUT2D eigenvalue weighted by atomic mass is 32.2. The Labute approximate surface area is 183 Å². The van der Waals surface area contributed by atoms with Crippen molar-refractivity contribution in [3.8, 4) is 11.5 Å². The number of nitrogens with zero attached hydrogens (tertiary/aromatic N) is 1. The van der Waals surface area contributed by atoms with Gasteiger partial charge >= 0.3 is 0 Å². The van der Waals surface area contributed by atoms with Crippen LogP contribution in [0.1, 0.15) is 36.2 Å². The fourth-order valence-electron chi connectivity index (χ4n) is 4.28. The maximum absolute atomic E-state index is 13.0. The second kappa shape index (κ2) is 8.88. The van der Waals surface area contributed by atoms with Crippen LogP contribution in [0, 0.1) is 11.8 Å². The van der Waals surface area contributed by atoms with E-state index < -0.39 is 10.0 Å². The molecule has 0 saturated carbocycles. The van der Waals surface area contributed by atoms with Gasteiger partial charge in [0.2, 0.25) is 10.0 Å². The Bertz CT molecular complexity index is 1040. The molecule has 0 spiro atoms. The smallest absolute Gasteiger partial charge is 0.251 e. The first kappa shape index (κ1) is 21.6. The van der Waals surface area contributed by atoms with E-state index in [1.165, 1.54) is 12.1 Å². The van der Waals surface area contributed by atoms with Gasteiger partial charge in [0.1, 0.15) is 13.2 Å². The summed E-state index contributed by atoms with van der Waals surface area (Å²) in [5, 5.41) is 2.86. The number of ether oxygens (including phenoxy) is 2. The van der Waals surface area contributed by atoms with Crippen molar-refractivity contribution in [2.24, 2.45) is 11.8 Å². The molecule has 2 aromatic rings. The van der Waals surface area contributed by atoms with Gasteiger partial charge in [-0.15, -0.1) is 0 Å². The predicted molar refractivity (Wildman–Crippen MR) is 117 cm³/mol. The van der Waals surface area contributed by atoms with Gasteiger partial charge in [-0.1, -0.05) is 26.0 Å². The van der Waals surface area contributed by atoms with Gasteiger partial charge in [-0.2, -0.15) is 4.31 Å². The molecule has 0 bridgehead atoms. The Morgan fingerprint density at radius 2 is 1.71 bits per heavy atom. The van der Waals surface area contributed by atoms with E-state index in [1.54, 1.807) is 16.4 Å². The number of piperidine rings is 1. The summed E-state index contributed by atoms with van der Waals surface area (Å²) in [5.74, 6) is 1.72. The molecule has 0 aromatic heterocycles. The number of carbonyl (C=O) groups excluding carboxylic acids is 1. The SMILES string of the molecule is CC1CC(C)CN(S(=O)(=O)c2ccc(C(=O)NCc3cccc4c3OCCO4)cc2)C1. The molecule has 8 heteroatoms. The Morgan fingerprint density at radius 1 is 1.03 bits per heavy atom. The summed E-state index contributed by atoms with van der Waals surface area (Å²) in [7, 11) is -3.56. The summed E-state index contributed by atoms with van der Waals surface area (Å²) in [6.07, 6.45) is 1.03. The minimum atomic E-state index is -3.56. The molecule has 4 rings (SSSR count). The molecule has 166 valence electrons. The quantitative estimate of drug-likeness (QED) is 0.766. The number of amides is 1. The highest BCUT2D eigenvalue weighted by molar-refractivity contribution is 7.89. The molecule has 2 unspecified atom stereocenters. The predicted octanol–water partition coefficient (Wildman–Crippen LogP) is 3.05. The van der Waals surface area contributed by atoms with E-state index in [4.69, 9.17) is 9.47 Å². The molecular formula is C23H28N2O5S. The number of benzene rings is 2. The van der Waals surface area contributed by atoms with Crippen molar-refractivity contribution in [3.05, 3.63) is 53.6 Å². The van der Waals surface area contributed by atoms with E-state index >= 15 is 0 Å². The zero-order valence-corrected chi connectivity index (χ0v) is 18.7. The Hall–Kier alpha value is -2.58.